The molecule has 5 N–H and O–H groups in total. The lowest BCUT2D eigenvalue weighted by Crippen LogP contribution is -2.55. The van der Waals surface area contributed by atoms with Crippen LogP contribution in [0.2, 0.25) is 0 Å². The summed E-state index contributed by atoms with van der Waals surface area (Å²) >= 11 is 0. The van der Waals surface area contributed by atoms with Crippen LogP contribution in [0.3, 0.4) is 0 Å². The van der Waals surface area contributed by atoms with E-state index in [1.165, 1.54) is 12.1 Å². The average molecular weight is 536 g/mol. The van der Waals surface area contributed by atoms with Crippen LogP contribution in [0.1, 0.15) is 16.9 Å². The molecule has 2 heterocycles. The summed E-state index contributed by atoms with van der Waals surface area (Å²) in [4.78, 5) is 79.7. The molecule has 1 aromatic heterocycles. The molecule has 1 aliphatic rings. The maximum atomic E-state index is 13.7. The summed E-state index contributed by atoms with van der Waals surface area (Å²) in [5, 5.41) is 24.2. The van der Waals surface area contributed by atoms with Gasteiger partial charge in [0.1, 0.15) is 31.2 Å². The van der Waals surface area contributed by atoms with Crippen LogP contribution in [0.4, 0.5) is 11.4 Å². The lowest BCUT2D eigenvalue weighted by Gasteiger charge is -2.25. The zero-order valence-corrected chi connectivity index (χ0v) is 20.5. The summed E-state index contributed by atoms with van der Waals surface area (Å²) in [5.74, 6) is -4.26. The molecule has 13 nitrogen and oxygen atoms in total. The van der Waals surface area contributed by atoms with E-state index in [1.54, 1.807) is 42.5 Å². The van der Waals surface area contributed by atoms with E-state index in [4.69, 9.17) is 5.11 Å². The second-order valence-corrected chi connectivity index (χ2v) is 8.78. The van der Waals surface area contributed by atoms with Crippen molar-refractivity contribution < 1.29 is 39.0 Å². The van der Waals surface area contributed by atoms with Crippen molar-refractivity contribution in [1.29, 1.82) is 0 Å². The number of rotatable bonds is 9. The normalized spacial score (nSPS) is 15.7. The van der Waals surface area contributed by atoms with Crippen LogP contribution in [0.15, 0.2) is 54.6 Å². The lowest BCUT2D eigenvalue weighted by atomic mass is 10.2. The van der Waals surface area contributed by atoms with Crippen molar-refractivity contribution in [1.82, 2.24) is 15.6 Å². The van der Waals surface area contributed by atoms with Crippen LogP contribution < -0.4 is 20.4 Å². The van der Waals surface area contributed by atoms with Gasteiger partial charge in [0, 0.05) is 10.9 Å². The van der Waals surface area contributed by atoms with Gasteiger partial charge in [-0.15, -0.1) is 0 Å². The first-order valence-corrected chi connectivity index (χ1v) is 11.9. The topological polar surface area (TPSA) is 189 Å². The predicted molar refractivity (Wildman–Crippen MR) is 138 cm³/mol. The van der Waals surface area contributed by atoms with E-state index in [2.05, 4.69) is 15.6 Å². The number of carboxylic acid groups (broad SMARTS) is 1. The highest BCUT2D eigenvalue weighted by Gasteiger charge is 2.38. The van der Waals surface area contributed by atoms with Crippen molar-refractivity contribution in [2.24, 2.45) is 0 Å². The zero-order chi connectivity index (χ0) is 28.1. The molecule has 4 rings (SSSR count). The first kappa shape index (κ1) is 27.0. The van der Waals surface area contributed by atoms with Gasteiger partial charge in [-0.25, -0.2) is 0 Å². The Kier molecular flexibility index (Phi) is 8.01. The summed E-state index contributed by atoms with van der Waals surface area (Å²) in [7, 11) is 0. The number of para-hydroxylation sites is 3. The van der Waals surface area contributed by atoms with Gasteiger partial charge < -0.3 is 35.5 Å². The molecule has 3 aromatic rings. The van der Waals surface area contributed by atoms with Crippen LogP contribution in [0, 0.1) is 0 Å². The molecule has 2 aromatic carbocycles. The van der Waals surface area contributed by atoms with Crippen LogP contribution in [0.25, 0.3) is 10.9 Å². The van der Waals surface area contributed by atoms with E-state index >= 15 is 0 Å². The maximum absolute atomic E-state index is 13.7. The summed E-state index contributed by atoms with van der Waals surface area (Å²) in [6.45, 7) is -1.85. The Bertz CT molecular complexity index is 1420. The lowest BCUT2D eigenvalue weighted by molar-refractivity contribution is -0.139. The summed E-state index contributed by atoms with van der Waals surface area (Å²) < 4.78 is 0. The highest BCUT2D eigenvalue weighted by atomic mass is 16.4. The van der Waals surface area contributed by atoms with Crippen LogP contribution in [0.5, 0.6) is 0 Å². The molecule has 0 saturated heterocycles. The predicted octanol–water partition coefficient (Wildman–Crippen LogP) is -0.203. The number of H-pyrrole nitrogens is 1. The number of hydrogen-bond acceptors (Lipinski definition) is 7. The van der Waals surface area contributed by atoms with Gasteiger partial charge in [-0.05, 0) is 24.3 Å². The van der Waals surface area contributed by atoms with Crippen molar-refractivity contribution >= 4 is 58.2 Å². The molecule has 0 bridgehead atoms. The third kappa shape index (κ3) is 5.93. The molecule has 39 heavy (non-hydrogen) atoms. The Morgan fingerprint density at radius 3 is 2.44 bits per heavy atom. The highest BCUT2D eigenvalue weighted by Crippen LogP contribution is 2.33. The van der Waals surface area contributed by atoms with Gasteiger partial charge in [0.05, 0.1) is 30.4 Å². The molecule has 0 fully saturated rings. The molecule has 0 saturated carbocycles. The average Bonchev–Trinajstić information content (AvgIpc) is 3.33. The van der Waals surface area contributed by atoms with Crippen molar-refractivity contribution in [2.45, 2.75) is 18.5 Å². The standard InChI is InChI=1S/C26H25N5O8/c32-13-16(10-24(36)37)27-22(34)12-31-21-8-4-3-7-20(21)30(23(35)14-33)11-19(26(31)39)29-25(38)18-9-15-5-1-2-6-17(15)28-18/h1-9,13,16,19,28,33H,10-12,14H2,(H,27,34)(H,29,38)(H,36,37)/t16-,19-/m0/s1. The number of aliphatic hydroxyl groups is 1. The zero-order valence-electron chi connectivity index (χ0n) is 20.5. The van der Waals surface area contributed by atoms with Gasteiger partial charge in [0.2, 0.25) is 5.91 Å². The Hall–Kier alpha value is -5.04. The van der Waals surface area contributed by atoms with Gasteiger partial charge in [-0.2, -0.15) is 0 Å². The number of aliphatic hydroxyl groups excluding tert-OH is 1. The fourth-order valence-electron chi connectivity index (χ4n) is 4.33. The Labute approximate surface area is 221 Å². The number of hydrogen-bond donors (Lipinski definition) is 5. The third-order valence-electron chi connectivity index (χ3n) is 6.12. The fourth-order valence-corrected chi connectivity index (χ4v) is 4.33. The van der Waals surface area contributed by atoms with E-state index in [-0.39, 0.29) is 29.9 Å². The molecule has 13 heteroatoms. The second-order valence-electron chi connectivity index (χ2n) is 8.78. The third-order valence-corrected chi connectivity index (χ3v) is 6.12. The number of benzene rings is 2. The van der Waals surface area contributed by atoms with E-state index in [1.807, 2.05) is 0 Å². The Balaban J connectivity index is 1.66. The minimum Gasteiger partial charge on any atom is -0.481 e. The largest absolute Gasteiger partial charge is 0.481 e. The number of aliphatic carboxylic acids is 1. The summed E-state index contributed by atoms with van der Waals surface area (Å²) in [5.41, 5.74) is 1.21. The summed E-state index contributed by atoms with van der Waals surface area (Å²) in [6.07, 6.45) is -0.378. The van der Waals surface area contributed by atoms with E-state index in [0.29, 0.717) is 5.52 Å². The van der Waals surface area contributed by atoms with Crippen LogP contribution >= 0.6 is 0 Å². The number of carboxylic acids is 1. The van der Waals surface area contributed by atoms with Crippen LogP contribution in [-0.2, 0) is 24.0 Å². The Morgan fingerprint density at radius 2 is 1.77 bits per heavy atom. The number of aromatic nitrogens is 1. The van der Waals surface area contributed by atoms with Crippen LogP contribution in [-0.4, -0.2) is 82.9 Å². The number of carbonyl (C=O) groups is 6. The fraction of sp³-hybridized carbons (Fsp3) is 0.231. The molecule has 1 aliphatic heterocycles. The monoisotopic (exact) mass is 535 g/mol. The SMILES string of the molecule is O=C[C@H](CC(=O)O)NC(=O)CN1C(=O)[C@@H](NC(=O)c2cc3ccccc3[nH]2)CN(C(=O)CO)c2ccccc21. The second kappa shape index (κ2) is 11.6. The summed E-state index contributed by atoms with van der Waals surface area (Å²) in [6, 6.07) is 12.3. The number of aromatic amines is 1. The van der Waals surface area contributed by atoms with Crippen molar-refractivity contribution in [3.05, 3.63) is 60.3 Å². The quantitative estimate of drug-likeness (QED) is 0.233. The number of nitrogens with one attached hydrogen (secondary N) is 3. The van der Waals surface area contributed by atoms with Crippen molar-refractivity contribution in [3.63, 3.8) is 0 Å². The smallest absolute Gasteiger partial charge is 0.305 e. The van der Waals surface area contributed by atoms with Gasteiger partial charge in [0.15, 0.2) is 0 Å². The molecule has 0 aliphatic carbocycles. The minimum absolute atomic E-state index is 0.141. The van der Waals surface area contributed by atoms with Crippen molar-refractivity contribution in [3.8, 4) is 0 Å². The minimum atomic E-state index is -1.33. The first-order valence-electron chi connectivity index (χ1n) is 11.9. The molecule has 2 atom stereocenters. The number of aldehydes is 1. The Morgan fingerprint density at radius 1 is 1.08 bits per heavy atom. The number of nitrogens with zero attached hydrogens (tertiary/aromatic N) is 2. The van der Waals surface area contributed by atoms with Gasteiger partial charge >= 0.3 is 5.97 Å². The number of fused-ring (bicyclic) bond motifs is 2. The molecular weight excluding hydrogens is 510 g/mol. The first-order chi connectivity index (χ1) is 18.7. The van der Waals surface area contributed by atoms with Gasteiger partial charge in [0.25, 0.3) is 17.7 Å². The van der Waals surface area contributed by atoms with E-state index in [0.717, 1.165) is 15.2 Å². The van der Waals surface area contributed by atoms with Gasteiger partial charge in [-0.1, -0.05) is 30.3 Å². The van der Waals surface area contributed by atoms with E-state index in [9.17, 15) is 33.9 Å². The molecule has 4 amide bonds. The number of carbonyl (C=O) groups excluding carboxylic acids is 5. The molecular formula is C26H25N5O8. The number of amides is 4. The molecule has 0 spiro atoms. The maximum Gasteiger partial charge on any atom is 0.305 e. The molecule has 0 radical (unpaired) electrons. The van der Waals surface area contributed by atoms with E-state index < -0.39 is 61.3 Å². The highest BCUT2D eigenvalue weighted by molar-refractivity contribution is 6.11. The number of anilines is 2. The molecule has 0 unspecified atom stereocenters. The van der Waals surface area contributed by atoms with Crippen molar-refractivity contribution in [2.75, 3.05) is 29.5 Å². The van der Waals surface area contributed by atoms with Gasteiger partial charge in [-0.3, -0.25) is 28.9 Å². The molecule has 202 valence electrons.